The lowest BCUT2D eigenvalue weighted by Gasteiger charge is -2.32. The number of hydrogen-bond acceptors (Lipinski definition) is 3. The maximum atomic E-state index is 12.7. The molecule has 1 aliphatic rings. The first-order valence-corrected chi connectivity index (χ1v) is 9.08. The number of ether oxygens (including phenoxy) is 1. The Bertz CT molecular complexity index is 893. The maximum Gasteiger partial charge on any atom is 0.253 e. The van der Waals surface area contributed by atoms with E-state index >= 15 is 0 Å². The van der Waals surface area contributed by atoms with Crippen LogP contribution in [-0.2, 0) is 6.54 Å². The monoisotopic (exact) mass is 349 g/mol. The normalized spacial score (nSPS) is 15.3. The summed E-state index contributed by atoms with van der Waals surface area (Å²) in [6.07, 6.45) is 3.97. The third-order valence-corrected chi connectivity index (χ3v) is 5.22. The van der Waals surface area contributed by atoms with Crippen LogP contribution in [0.25, 0.3) is 11.0 Å². The lowest BCUT2D eigenvalue weighted by atomic mass is 9.96. The number of amides is 1. The van der Waals surface area contributed by atoms with Gasteiger partial charge in [-0.1, -0.05) is 12.1 Å². The molecular formula is C21H23N3O2. The summed E-state index contributed by atoms with van der Waals surface area (Å²) in [6.45, 7) is 2.58. The van der Waals surface area contributed by atoms with Gasteiger partial charge >= 0.3 is 0 Å². The third kappa shape index (κ3) is 3.29. The van der Waals surface area contributed by atoms with Crippen LogP contribution >= 0.6 is 0 Å². The molecule has 5 nitrogen and oxygen atoms in total. The zero-order chi connectivity index (χ0) is 17.9. The number of carbonyl (C=O) groups is 1. The summed E-state index contributed by atoms with van der Waals surface area (Å²) in [5.74, 6) is 1.46. The molecule has 0 saturated carbocycles. The molecule has 26 heavy (non-hydrogen) atoms. The van der Waals surface area contributed by atoms with Crippen molar-refractivity contribution in [2.24, 2.45) is 5.92 Å². The van der Waals surface area contributed by atoms with Crippen molar-refractivity contribution in [1.29, 1.82) is 0 Å². The molecule has 0 aliphatic carbocycles. The first kappa shape index (κ1) is 16.6. The van der Waals surface area contributed by atoms with Gasteiger partial charge in [-0.2, -0.15) is 0 Å². The Balaban J connectivity index is 1.37. The summed E-state index contributed by atoms with van der Waals surface area (Å²) in [4.78, 5) is 19.1. The second-order valence-corrected chi connectivity index (χ2v) is 6.85. The van der Waals surface area contributed by atoms with Gasteiger partial charge in [0.05, 0.1) is 24.5 Å². The number of rotatable bonds is 4. The minimum absolute atomic E-state index is 0.110. The smallest absolute Gasteiger partial charge is 0.253 e. The minimum atomic E-state index is 0.110. The maximum absolute atomic E-state index is 12.7. The van der Waals surface area contributed by atoms with Gasteiger partial charge in [0.2, 0.25) is 0 Å². The summed E-state index contributed by atoms with van der Waals surface area (Å²) in [7, 11) is 1.63. The Morgan fingerprint density at radius 3 is 2.58 bits per heavy atom. The molecule has 1 aromatic heterocycles. The van der Waals surface area contributed by atoms with Crippen LogP contribution in [-0.4, -0.2) is 40.6 Å². The fraction of sp³-hybridized carbons (Fsp3) is 0.333. The molecule has 1 saturated heterocycles. The van der Waals surface area contributed by atoms with E-state index in [1.54, 1.807) is 7.11 Å². The van der Waals surface area contributed by atoms with Gasteiger partial charge in [-0.15, -0.1) is 0 Å². The van der Waals surface area contributed by atoms with E-state index in [1.165, 1.54) is 5.52 Å². The van der Waals surface area contributed by atoms with E-state index in [4.69, 9.17) is 4.74 Å². The van der Waals surface area contributed by atoms with Crippen molar-refractivity contribution >= 4 is 16.9 Å². The predicted octanol–water partition coefficient (Wildman–Crippen LogP) is 3.60. The standard InChI is InChI=1S/C21H23N3O2/c1-26-18-8-6-17(7-9-18)21(25)23-12-10-16(11-13-23)14-24-15-22-19-4-2-3-5-20(19)24/h2-9,15-16H,10-14H2,1H3. The molecule has 2 heterocycles. The van der Waals surface area contributed by atoms with Crippen molar-refractivity contribution < 1.29 is 9.53 Å². The molecule has 0 atom stereocenters. The van der Waals surface area contributed by atoms with Crippen LogP contribution in [0.1, 0.15) is 23.2 Å². The van der Waals surface area contributed by atoms with Crippen molar-refractivity contribution in [3.05, 3.63) is 60.4 Å². The molecule has 0 bridgehead atoms. The van der Waals surface area contributed by atoms with E-state index in [2.05, 4.69) is 21.7 Å². The fourth-order valence-electron chi connectivity index (χ4n) is 3.67. The summed E-state index contributed by atoms with van der Waals surface area (Å²) >= 11 is 0. The minimum Gasteiger partial charge on any atom is -0.497 e. The van der Waals surface area contributed by atoms with Gasteiger partial charge in [-0.05, 0) is 55.2 Å². The number of aromatic nitrogens is 2. The van der Waals surface area contributed by atoms with Gasteiger partial charge in [0, 0.05) is 25.2 Å². The second kappa shape index (κ2) is 7.20. The summed E-state index contributed by atoms with van der Waals surface area (Å²) < 4.78 is 7.39. The van der Waals surface area contributed by atoms with E-state index in [-0.39, 0.29) is 5.91 Å². The van der Waals surface area contributed by atoms with Crippen LogP contribution in [0.5, 0.6) is 5.75 Å². The lowest BCUT2D eigenvalue weighted by molar-refractivity contribution is 0.0683. The van der Waals surface area contributed by atoms with E-state index < -0.39 is 0 Å². The highest BCUT2D eigenvalue weighted by Gasteiger charge is 2.24. The molecule has 1 fully saturated rings. The SMILES string of the molecule is COc1ccc(C(=O)N2CCC(Cn3cnc4ccccc43)CC2)cc1. The number of benzene rings is 2. The van der Waals surface area contributed by atoms with Gasteiger partial charge < -0.3 is 14.2 Å². The second-order valence-electron chi connectivity index (χ2n) is 6.85. The molecule has 0 spiro atoms. The van der Waals surface area contributed by atoms with Gasteiger partial charge in [-0.25, -0.2) is 4.98 Å². The quantitative estimate of drug-likeness (QED) is 0.723. The highest BCUT2D eigenvalue weighted by molar-refractivity contribution is 5.94. The molecule has 0 N–H and O–H groups in total. The van der Waals surface area contributed by atoms with Crippen LogP contribution in [0.2, 0.25) is 0 Å². The lowest BCUT2D eigenvalue weighted by Crippen LogP contribution is -2.39. The van der Waals surface area contributed by atoms with Gasteiger partial charge in [-0.3, -0.25) is 4.79 Å². The Kier molecular flexibility index (Phi) is 4.61. The van der Waals surface area contributed by atoms with Crippen molar-refractivity contribution in [3.63, 3.8) is 0 Å². The van der Waals surface area contributed by atoms with Crippen LogP contribution < -0.4 is 4.74 Å². The van der Waals surface area contributed by atoms with E-state index in [0.29, 0.717) is 5.92 Å². The van der Waals surface area contributed by atoms with Crippen molar-refractivity contribution in [1.82, 2.24) is 14.5 Å². The summed E-state index contributed by atoms with van der Waals surface area (Å²) in [5, 5.41) is 0. The number of likely N-dealkylation sites (tertiary alicyclic amines) is 1. The Morgan fingerprint density at radius 1 is 1.12 bits per heavy atom. The van der Waals surface area contributed by atoms with Crippen molar-refractivity contribution in [3.8, 4) is 5.75 Å². The highest BCUT2D eigenvalue weighted by atomic mass is 16.5. The first-order valence-electron chi connectivity index (χ1n) is 9.08. The molecule has 1 amide bonds. The molecule has 3 aromatic rings. The number of methoxy groups -OCH3 is 1. The van der Waals surface area contributed by atoms with E-state index in [1.807, 2.05) is 47.6 Å². The molecule has 134 valence electrons. The summed E-state index contributed by atoms with van der Waals surface area (Å²) in [6, 6.07) is 15.6. The van der Waals surface area contributed by atoms with Crippen molar-refractivity contribution in [2.45, 2.75) is 19.4 Å². The molecule has 0 unspecified atom stereocenters. The van der Waals surface area contributed by atoms with Crippen LogP contribution in [0, 0.1) is 5.92 Å². The van der Waals surface area contributed by atoms with Crippen LogP contribution in [0.15, 0.2) is 54.9 Å². The molecule has 2 aromatic carbocycles. The molecule has 4 rings (SSSR count). The number of nitrogens with zero attached hydrogens (tertiary/aromatic N) is 3. The number of hydrogen-bond donors (Lipinski definition) is 0. The molecule has 0 radical (unpaired) electrons. The molecule has 5 heteroatoms. The third-order valence-electron chi connectivity index (χ3n) is 5.22. The van der Waals surface area contributed by atoms with Crippen molar-refractivity contribution in [2.75, 3.05) is 20.2 Å². The number of piperidine rings is 1. The highest BCUT2D eigenvalue weighted by Crippen LogP contribution is 2.23. The van der Waals surface area contributed by atoms with E-state index in [0.717, 1.165) is 49.3 Å². The average molecular weight is 349 g/mol. The number of carbonyl (C=O) groups excluding carboxylic acids is 1. The number of imidazole rings is 1. The Labute approximate surface area is 153 Å². The topological polar surface area (TPSA) is 47.4 Å². The van der Waals surface area contributed by atoms with E-state index in [9.17, 15) is 4.79 Å². The number of fused-ring (bicyclic) bond motifs is 1. The van der Waals surface area contributed by atoms with Gasteiger partial charge in [0.25, 0.3) is 5.91 Å². The molecular weight excluding hydrogens is 326 g/mol. The van der Waals surface area contributed by atoms with Crippen LogP contribution in [0.3, 0.4) is 0 Å². The number of para-hydroxylation sites is 2. The van der Waals surface area contributed by atoms with Gasteiger partial charge in [0.15, 0.2) is 0 Å². The van der Waals surface area contributed by atoms with Crippen LogP contribution in [0.4, 0.5) is 0 Å². The summed E-state index contributed by atoms with van der Waals surface area (Å²) in [5.41, 5.74) is 2.95. The average Bonchev–Trinajstić information content (AvgIpc) is 3.11. The fourth-order valence-corrected chi connectivity index (χ4v) is 3.67. The zero-order valence-electron chi connectivity index (χ0n) is 15.0. The zero-order valence-corrected chi connectivity index (χ0v) is 15.0. The largest absolute Gasteiger partial charge is 0.497 e. The molecule has 1 aliphatic heterocycles. The first-order chi connectivity index (χ1) is 12.7. The van der Waals surface area contributed by atoms with Gasteiger partial charge in [0.1, 0.15) is 5.75 Å². The Morgan fingerprint density at radius 2 is 1.85 bits per heavy atom. The Hall–Kier alpha value is -2.82. The predicted molar refractivity (Wildman–Crippen MR) is 101 cm³/mol.